The molecule has 2 heterocycles. The average Bonchev–Trinajstić information content (AvgIpc) is 3.52. The summed E-state index contributed by atoms with van der Waals surface area (Å²) in [6, 6.07) is 6.68. The van der Waals surface area contributed by atoms with E-state index < -0.39 is 5.54 Å². The lowest BCUT2D eigenvalue weighted by Crippen LogP contribution is -2.65. The molecular formula is C24H36N4O. The van der Waals surface area contributed by atoms with E-state index in [2.05, 4.69) is 46.4 Å². The first kappa shape index (κ1) is 19.4. The zero-order valence-corrected chi connectivity index (χ0v) is 17.7. The molecule has 2 saturated carbocycles. The van der Waals surface area contributed by atoms with Gasteiger partial charge in [0.2, 0.25) is 5.91 Å². The normalized spacial score (nSPS) is 29.1. The first-order chi connectivity index (χ1) is 14.2. The zero-order chi connectivity index (χ0) is 19.8. The van der Waals surface area contributed by atoms with E-state index in [0.717, 1.165) is 38.8 Å². The monoisotopic (exact) mass is 396 g/mol. The maximum absolute atomic E-state index is 14.0. The van der Waals surface area contributed by atoms with Crippen LogP contribution in [-0.4, -0.2) is 36.7 Å². The molecule has 4 N–H and O–H groups in total. The Kier molecular flexibility index (Phi) is 5.29. The second kappa shape index (κ2) is 7.92. The molecule has 2 atom stereocenters. The van der Waals surface area contributed by atoms with E-state index in [1.165, 1.54) is 48.9 Å². The van der Waals surface area contributed by atoms with Crippen molar-refractivity contribution in [1.29, 1.82) is 0 Å². The van der Waals surface area contributed by atoms with E-state index in [1.807, 2.05) is 0 Å². The number of carbonyl (C=O) groups excluding carboxylic acids is 1. The Morgan fingerprint density at radius 3 is 2.52 bits per heavy atom. The Hall–Kier alpha value is -1.59. The van der Waals surface area contributed by atoms with E-state index in [-0.39, 0.29) is 18.1 Å². The van der Waals surface area contributed by atoms with Gasteiger partial charge in [-0.2, -0.15) is 0 Å². The van der Waals surface area contributed by atoms with Gasteiger partial charge in [-0.1, -0.05) is 37.5 Å². The van der Waals surface area contributed by atoms with Crippen molar-refractivity contribution in [2.45, 2.75) is 82.5 Å². The van der Waals surface area contributed by atoms with Crippen LogP contribution < -0.4 is 21.3 Å². The number of hydrogen-bond donors (Lipinski definition) is 4. The van der Waals surface area contributed by atoms with Crippen molar-refractivity contribution in [2.75, 3.05) is 18.4 Å². The Morgan fingerprint density at radius 2 is 1.83 bits per heavy atom. The lowest BCUT2D eigenvalue weighted by atomic mass is 9.72. The van der Waals surface area contributed by atoms with Crippen molar-refractivity contribution in [3.05, 3.63) is 29.3 Å². The lowest BCUT2D eigenvalue weighted by Gasteiger charge is -2.41. The highest BCUT2D eigenvalue weighted by Gasteiger charge is 2.51. The fourth-order valence-corrected chi connectivity index (χ4v) is 5.93. The standard InChI is InChI=1S/C24H36N4O/c1-16-7-5-8-18-15-24(28-20(16)18,19-9-3-2-4-10-19)23(29)27-21(17-11-12-17)22-25-13-6-14-26-22/h5,7-8,17,19,21-22,25-26,28H,2-4,6,9-15H2,1H3,(H,27,29). The van der Waals surface area contributed by atoms with Crippen LogP contribution in [0, 0.1) is 18.8 Å². The number of nitrogens with one attached hydrogen (secondary N) is 4. The molecule has 0 spiro atoms. The minimum Gasteiger partial charge on any atom is -0.370 e. The maximum Gasteiger partial charge on any atom is 0.246 e. The molecule has 5 nitrogen and oxygen atoms in total. The Bertz CT molecular complexity index is 749. The SMILES string of the molecule is Cc1cccc2c1NC(C(=O)NC(C1CC1)C1NCCCN1)(C1CCCCC1)C2. The number of amides is 1. The third-order valence-electron chi connectivity index (χ3n) is 7.75. The van der Waals surface area contributed by atoms with Crippen LogP contribution in [0.5, 0.6) is 0 Å². The summed E-state index contributed by atoms with van der Waals surface area (Å²) >= 11 is 0. The molecular weight excluding hydrogens is 360 g/mol. The first-order valence-corrected chi connectivity index (χ1v) is 11.8. The fourth-order valence-electron chi connectivity index (χ4n) is 5.93. The summed E-state index contributed by atoms with van der Waals surface area (Å²) in [6.07, 6.45) is 10.7. The molecule has 3 fully saturated rings. The van der Waals surface area contributed by atoms with Gasteiger partial charge in [0.25, 0.3) is 0 Å². The van der Waals surface area contributed by atoms with E-state index >= 15 is 0 Å². The molecule has 4 aliphatic rings. The molecule has 2 aliphatic carbocycles. The minimum absolute atomic E-state index is 0.190. The Balaban J connectivity index is 1.42. The van der Waals surface area contributed by atoms with Gasteiger partial charge in [0.1, 0.15) is 5.54 Å². The highest BCUT2D eigenvalue weighted by molar-refractivity contribution is 5.93. The van der Waals surface area contributed by atoms with Gasteiger partial charge in [-0.15, -0.1) is 0 Å². The molecule has 0 radical (unpaired) electrons. The summed E-state index contributed by atoms with van der Waals surface area (Å²) in [5, 5.41) is 14.6. The van der Waals surface area contributed by atoms with Gasteiger partial charge < -0.3 is 21.3 Å². The average molecular weight is 397 g/mol. The van der Waals surface area contributed by atoms with Gasteiger partial charge in [0.05, 0.1) is 12.2 Å². The maximum atomic E-state index is 14.0. The number of hydrogen-bond acceptors (Lipinski definition) is 4. The van der Waals surface area contributed by atoms with Crippen molar-refractivity contribution in [3.63, 3.8) is 0 Å². The number of rotatable bonds is 5. The summed E-state index contributed by atoms with van der Waals surface area (Å²) < 4.78 is 0. The van der Waals surface area contributed by atoms with Crippen molar-refractivity contribution in [1.82, 2.24) is 16.0 Å². The quantitative estimate of drug-likeness (QED) is 0.618. The summed E-state index contributed by atoms with van der Waals surface area (Å²) in [7, 11) is 0. The van der Waals surface area contributed by atoms with E-state index in [4.69, 9.17) is 0 Å². The molecule has 0 aromatic heterocycles. The Labute approximate surface area is 174 Å². The minimum atomic E-state index is -0.489. The summed E-state index contributed by atoms with van der Waals surface area (Å²) in [5.74, 6) is 1.25. The van der Waals surface area contributed by atoms with Crippen molar-refractivity contribution in [2.24, 2.45) is 11.8 Å². The molecule has 1 saturated heterocycles. The molecule has 5 rings (SSSR count). The van der Waals surface area contributed by atoms with Crippen LogP contribution in [0.15, 0.2) is 18.2 Å². The first-order valence-electron chi connectivity index (χ1n) is 11.8. The molecule has 29 heavy (non-hydrogen) atoms. The van der Waals surface area contributed by atoms with Gasteiger partial charge >= 0.3 is 0 Å². The van der Waals surface area contributed by atoms with Crippen LogP contribution in [-0.2, 0) is 11.2 Å². The lowest BCUT2D eigenvalue weighted by molar-refractivity contribution is -0.128. The highest BCUT2D eigenvalue weighted by atomic mass is 16.2. The van der Waals surface area contributed by atoms with Crippen LogP contribution in [0.3, 0.4) is 0 Å². The van der Waals surface area contributed by atoms with Crippen molar-refractivity contribution < 1.29 is 4.79 Å². The largest absolute Gasteiger partial charge is 0.370 e. The summed E-state index contributed by atoms with van der Waals surface area (Å²) in [4.78, 5) is 14.0. The van der Waals surface area contributed by atoms with Gasteiger partial charge in [-0.05, 0) is 75.1 Å². The van der Waals surface area contributed by atoms with Gasteiger partial charge in [0, 0.05) is 12.1 Å². The van der Waals surface area contributed by atoms with Gasteiger partial charge in [0.15, 0.2) is 0 Å². The predicted octanol–water partition coefficient (Wildman–Crippen LogP) is 3.09. The number of carbonyl (C=O) groups is 1. The summed E-state index contributed by atoms with van der Waals surface area (Å²) in [6.45, 7) is 4.23. The van der Waals surface area contributed by atoms with Crippen LogP contribution >= 0.6 is 0 Å². The molecule has 2 aliphatic heterocycles. The number of aryl methyl sites for hydroxylation is 1. The topological polar surface area (TPSA) is 65.2 Å². The van der Waals surface area contributed by atoms with Crippen LogP contribution in [0.2, 0.25) is 0 Å². The van der Waals surface area contributed by atoms with E-state index in [0.29, 0.717) is 11.8 Å². The molecule has 2 unspecified atom stereocenters. The molecule has 1 amide bonds. The van der Waals surface area contributed by atoms with Crippen LogP contribution in [0.1, 0.15) is 62.5 Å². The molecule has 1 aromatic rings. The van der Waals surface area contributed by atoms with Gasteiger partial charge in [-0.3, -0.25) is 4.79 Å². The highest BCUT2D eigenvalue weighted by Crippen LogP contribution is 2.44. The predicted molar refractivity (Wildman–Crippen MR) is 117 cm³/mol. The third kappa shape index (κ3) is 3.68. The van der Waals surface area contributed by atoms with Crippen LogP contribution in [0.4, 0.5) is 5.69 Å². The third-order valence-corrected chi connectivity index (χ3v) is 7.75. The molecule has 5 heteroatoms. The van der Waals surface area contributed by atoms with Crippen LogP contribution in [0.25, 0.3) is 0 Å². The van der Waals surface area contributed by atoms with E-state index in [9.17, 15) is 4.79 Å². The Morgan fingerprint density at radius 1 is 1.07 bits per heavy atom. The second-order valence-corrected chi connectivity index (χ2v) is 9.79. The van der Waals surface area contributed by atoms with Crippen molar-refractivity contribution >= 4 is 11.6 Å². The smallest absolute Gasteiger partial charge is 0.246 e. The van der Waals surface area contributed by atoms with E-state index in [1.54, 1.807) is 0 Å². The molecule has 1 aromatic carbocycles. The number of anilines is 1. The number of benzene rings is 1. The van der Waals surface area contributed by atoms with Gasteiger partial charge in [-0.25, -0.2) is 0 Å². The fraction of sp³-hybridized carbons (Fsp3) is 0.708. The second-order valence-electron chi connectivity index (χ2n) is 9.79. The molecule has 0 bridgehead atoms. The van der Waals surface area contributed by atoms with Crippen molar-refractivity contribution in [3.8, 4) is 0 Å². The molecule has 158 valence electrons. The zero-order valence-electron chi connectivity index (χ0n) is 17.7. The summed E-state index contributed by atoms with van der Waals surface area (Å²) in [5.41, 5.74) is 3.27. The number of para-hydroxylation sites is 1. The number of fused-ring (bicyclic) bond motifs is 1.